The van der Waals surface area contributed by atoms with Gasteiger partial charge in [0.15, 0.2) is 0 Å². The number of esters is 1. The van der Waals surface area contributed by atoms with Crippen LogP contribution in [-0.4, -0.2) is 21.0 Å². The van der Waals surface area contributed by atoms with E-state index in [1.807, 2.05) is 49.6 Å². The van der Waals surface area contributed by atoms with E-state index >= 15 is 0 Å². The van der Waals surface area contributed by atoms with Gasteiger partial charge in [-0.05, 0) is 48.8 Å². The summed E-state index contributed by atoms with van der Waals surface area (Å²) < 4.78 is 8.06. The molecule has 0 saturated carbocycles. The van der Waals surface area contributed by atoms with E-state index in [2.05, 4.69) is 20.9 Å². The zero-order valence-corrected chi connectivity index (χ0v) is 12.2. The van der Waals surface area contributed by atoms with Crippen molar-refractivity contribution in [2.45, 2.75) is 32.8 Å². The SMILES string of the molecule is CC(C)(C)OC(=O)Cc1cn2c(Br)cccc2n1. The predicted octanol–water partition coefficient (Wildman–Crippen LogP) is 2.98. The Labute approximate surface area is 114 Å². The standard InChI is InChI=1S/C13H15BrN2O2/c1-13(2,3)18-12(17)7-9-8-16-10(14)5-4-6-11(16)15-9/h4-6,8H,7H2,1-3H3. The van der Waals surface area contributed by atoms with E-state index < -0.39 is 5.60 Å². The molecule has 96 valence electrons. The first-order valence-corrected chi connectivity index (χ1v) is 6.49. The van der Waals surface area contributed by atoms with Crippen molar-refractivity contribution in [2.75, 3.05) is 0 Å². The van der Waals surface area contributed by atoms with Crippen LogP contribution in [0.2, 0.25) is 0 Å². The Morgan fingerprint density at radius 3 is 2.78 bits per heavy atom. The van der Waals surface area contributed by atoms with E-state index in [4.69, 9.17) is 4.74 Å². The highest BCUT2D eigenvalue weighted by Crippen LogP contribution is 2.15. The lowest BCUT2D eigenvalue weighted by molar-refractivity contribution is -0.153. The van der Waals surface area contributed by atoms with Gasteiger partial charge in [-0.1, -0.05) is 6.07 Å². The third-order valence-electron chi connectivity index (χ3n) is 2.24. The fraction of sp³-hybridized carbons (Fsp3) is 0.385. The number of aromatic nitrogens is 2. The number of hydrogen-bond donors (Lipinski definition) is 0. The summed E-state index contributed by atoms with van der Waals surface area (Å²) in [6.45, 7) is 5.56. The maximum absolute atomic E-state index is 11.7. The van der Waals surface area contributed by atoms with Gasteiger partial charge >= 0.3 is 5.97 Å². The van der Waals surface area contributed by atoms with Crippen molar-refractivity contribution >= 4 is 27.5 Å². The topological polar surface area (TPSA) is 43.6 Å². The summed E-state index contributed by atoms with van der Waals surface area (Å²) in [7, 11) is 0. The molecule has 0 amide bonds. The molecule has 5 heteroatoms. The second-order valence-electron chi connectivity index (χ2n) is 5.07. The molecule has 0 aromatic carbocycles. The average Bonchev–Trinajstić information content (AvgIpc) is 2.58. The van der Waals surface area contributed by atoms with Gasteiger partial charge in [-0.2, -0.15) is 0 Å². The summed E-state index contributed by atoms with van der Waals surface area (Å²) in [5.74, 6) is -0.262. The number of rotatable bonds is 2. The second kappa shape index (κ2) is 4.72. The van der Waals surface area contributed by atoms with Crippen molar-refractivity contribution in [2.24, 2.45) is 0 Å². The maximum Gasteiger partial charge on any atom is 0.312 e. The van der Waals surface area contributed by atoms with Crippen LogP contribution in [0.1, 0.15) is 26.5 Å². The lowest BCUT2D eigenvalue weighted by Crippen LogP contribution is -2.24. The highest BCUT2D eigenvalue weighted by atomic mass is 79.9. The summed E-state index contributed by atoms with van der Waals surface area (Å²) in [5, 5.41) is 0. The van der Waals surface area contributed by atoms with Crippen LogP contribution in [0, 0.1) is 0 Å². The van der Waals surface area contributed by atoms with Crippen molar-refractivity contribution < 1.29 is 9.53 Å². The first-order valence-electron chi connectivity index (χ1n) is 5.69. The van der Waals surface area contributed by atoms with E-state index in [9.17, 15) is 4.79 Å². The molecule has 0 saturated heterocycles. The quantitative estimate of drug-likeness (QED) is 0.632. The van der Waals surface area contributed by atoms with Gasteiger partial charge in [-0.3, -0.25) is 9.20 Å². The molecule has 0 atom stereocenters. The van der Waals surface area contributed by atoms with Crippen LogP contribution < -0.4 is 0 Å². The molecule has 18 heavy (non-hydrogen) atoms. The zero-order valence-electron chi connectivity index (χ0n) is 10.6. The van der Waals surface area contributed by atoms with Crippen LogP contribution in [-0.2, 0) is 16.0 Å². The second-order valence-corrected chi connectivity index (χ2v) is 5.88. The molecule has 0 aliphatic heterocycles. The molecule has 0 bridgehead atoms. The van der Waals surface area contributed by atoms with Crippen molar-refractivity contribution in [1.82, 2.24) is 9.38 Å². The lowest BCUT2D eigenvalue weighted by Gasteiger charge is -2.18. The van der Waals surface area contributed by atoms with Gasteiger partial charge in [0.25, 0.3) is 0 Å². The fourth-order valence-electron chi connectivity index (χ4n) is 1.64. The normalized spacial score (nSPS) is 11.8. The lowest BCUT2D eigenvalue weighted by atomic mass is 10.2. The molecule has 2 aromatic heterocycles. The number of imidazole rings is 1. The highest BCUT2D eigenvalue weighted by molar-refractivity contribution is 9.10. The van der Waals surface area contributed by atoms with Gasteiger partial charge in [0, 0.05) is 6.20 Å². The molecule has 2 aromatic rings. The van der Waals surface area contributed by atoms with Gasteiger partial charge in [0.05, 0.1) is 16.7 Å². The van der Waals surface area contributed by atoms with E-state index in [1.54, 1.807) is 0 Å². The minimum Gasteiger partial charge on any atom is -0.460 e. The molecule has 0 fully saturated rings. The summed E-state index contributed by atoms with van der Waals surface area (Å²) in [6, 6.07) is 5.72. The van der Waals surface area contributed by atoms with E-state index in [0.29, 0.717) is 5.69 Å². The molecular formula is C13H15BrN2O2. The van der Waals surface area contributed by atoms with E-state index in [0.717, 1.165) is 10.3 Å². The number of ether oxygens (including phenoxy) is 1. The Morgan fingerprint density at radius 2 is 2.17 bits per heavy atom. The minimum atomic E-state index is -0.461. The van der Waals surface area contributed by atoms with E-state index in [1.165, 1.54) is 0 Å². The Bertz CT molecular complexity index is 584. The summed E-state index contributed by atoms with van der Waals surface area (Å²) in [5.41, 5.74) is 1.05. The van der Waals surface area contributed by atoms with Crippen LogP contribution in [0.4, 0.5) is 0 Å². The Balaban J connectivity index is 2.18. The molecule has 0 N–H and O–H groups in total. The fourth-order valence-corrected chi connectivity index (χ4v) is 2.07. The van der Waals surface area contributed by atoms with Crippen LogP contribution in [0.5, 0.6) is 0 Å². The van der Waals surface area contributed by atoms with Crippen molar-refractivity contribution in [3.8, 4) is 0 Å². The monoisotopic (exact) mass is 310 g/mol. The van der Waals surface area contributed by atoms with Gasteiger partial charge < -0.3 is 4.74 Å². The molecule has 0 spiro atoms. The molecule has 0 radical (unpaired) electrons. The number of hydrogen-bond acceptors (Lipinski definition) is 3. The van der Waals surface area contributed by atoms with Gasteiger partial charge in [-0.25, -0.2) is 4.98 Å². The zero-order chi connectivity index (χ0) is 13.3. The van der Waals surface area contributed by atoms with Crippen LogP contribution in [0.3, 0.4) is 0 Å². The number of pyridine rings is 1. The Hall–Kier alpha value is -1.36. The number of nitrogens with zero attached hydrogens (tertiary/aromatic N) is 2. The number of halogens is 1. The van der Waals surface area contributed by atoms with Crippen LogP contribution >= 0.6 is 15.9 Å². The number of carbonyl (C=O) groups is 1. The maximum atomic E-state index is 11.7. The van der Waals surface area contributed by atoms with Crippen molar-refractivity contribution in [3.63, 3.8) is 0 Å². The first kappa shape index (κ1) is 13.1. The largest absolute Gasteiger partial charge is 0.460 e. The van der Waals surface area contributed by atoms with E-state index in [-0.39, 0.29) is 12.4 Å². The van der Waals surface area contributed by atoms with Crippen LogP contribution in [0.25, 0.3) is 5.65 Å². The summed E-state index contributed by atoms with van der Waals surface area (Å²) >= 11 is 3.43. The number of carbonyl (C=O) groups excluding carboxylic acids is 1. The molecular weight excluding hydrogens is 296 g/mol. The van der Waals surface area contributed by atoms with Crippen molar-refractivity contribution in [3.05, 3.63) is 34.7 Å². The van der Waals surface area contributed by atoms with Crippen molar-refractivity contribution in [1.29, 1.82) is 0 Å². The highest BCUT2D eigenvalue weighted by Gasteiger charge is 2.17. The van der Waals surface area contributed by atoms with Crippen LogP contribution in [0.15, 0.2) is 29.0 Å². The first-order chi connectivity index (χ1) is 8.35. The molecule has 0 aliphatic rings. The van der Waals surface area contributed by atoms with Gasteiger partial charge in [0.2, 0.25) is 0 Å². The summed E-state index contributed by atoms with van der Waals surface area (Å²) in [6.07, 6.45) is 2.02. The number of fused-ring (bicyclic) bond motifs is 1. The van der Waals surface area contributed by atoms with Gasteiger partial charge in [0.1, 0.15) is 11.2 Å². The molecule has 0 aliphatic carbocycles. The Morgan fingerprint density at radius 1 is 1.44 bits per heavy atom. The molecule has 2 heterocycles. The molecule has 4 nitrogen and oxygen atoms in total. The predicted molar refractivity (Wildman–Crippen MR) is 72.4 cm³/mol. The smallest absolute Gasteiger partial charge is 0.312 e. The average molecular weight is 311 g/mol. The third kappa shape index (κ3) is 3.10. The molecule has 2 rings (SSSR count). The third-order valence-corrected chi connectivity index (χ3v) is 2.88. The minimum absolute atomic E-state index is 0.186. The summed E-state index contributed by atoms with van der Waals surface area (Å²) in [4.78, 5) is 16.1. The van der Waals surface area contributed by atoms with Gasteiger partial charge in [-0.15, -0.1) is 0 Å². The molecule has 0 unspecified atom stereocenters. The Kier molecular flexibility index (Phi) is 3.43.